The average molecular weight is 365 g/mol. The largest absolute Gasteiger partial charge is 0.439 e. The summed E-state index contributed by atoms with van der Waals surface area (Å²) in [5.41, 5.74) is 0.848. The molecule has 0 saturated carbocycles. The molecule has 0 saturated heterocycles. The van der Waals surface area contributed by atoms with Crippen molar-refractivity contribution in [2.24, 2.45) is 0 Å². The molecule has 6 heteroatoms. The molecule has 0 fully saturated rings. The molecular weight excluding hydrogens is 345 g/mol. The molecule has 27 heavy (non-hydrogen) atoms. The molecule has 0 aliphatic heterocycles. The van der Waals surface area contributed by atoms with Crippen molar-refractivity contribution in [2.75, 3.05) is 0 Å². The number of amides is 1. The predicted octanol–water partition coefficient (Wildman–Crippen LogP) is 4.60. The second-order valence-electron chi connectivity index (χ2n) is 7.06. The van der Waals surface area contributed by atoms with Crippen LogP contribution in [0.5, 0.6) is 11.6 Å². The Bertz CT molecular complexity index is 950. The Hall–Kier alpha value is -3.28. The van der Waals surface area contributed by atoms with Gasteiger partial charge in [0.1, 0.15) is 11.6 Å². The highest BCUT2D eigenvalue weighted by Crippen LogP contribution is 2.23. The van der Waals surface area contributed by atoms with Crippen LogP contribution in [0.2, 0.25) is 0 Å². The summed E-state index contributed by atoms with van der Waals surface area (Å²) in [4.78, 5) is 20.8. The molecular formula is C21H20FN3O2. The van der Waals surface area contributed by atoms with E-state index < -0.39 is 0 Å². The zero-order valence-electron chi connectivity index (χ0n) is 15.4. The Labute approximate surface area is 157 Å². The minimum Gasteiger partial charge on any atom is -0.439 e. The molecule has 1 aromatic heterocycles. The Morgan fingerprint density at radius 2 is 1.81 bits per heavy atom. The maximum Gasteiger partial charge on any atom is 0.251 e. The van der Waals surface area contributed by atoms with Crippen LogP contribution in [0.1, 0.15) is 31.1 Å². The lowest BCUT2D eigenvalue weighted by Crippen LogP contribution is -2.40. The molecule has 5 nitrogen and oxygen atoms in total. The van der Waals surface area contributed by atoms with Gasteiger partial charge >= 0.3 is 0 Å². The van der Waals surface area contributed by atoms with Crippen LogP contribution in [-0.4, -0.2) is 21.4 Å². The first-order valence-corrected chi connectivity index (χ1v) is 8.50. The van der Waals surface area contributed by atoms with Gasteiger partial charge in [-0.2, -0.15) is 4.98 Å². The van der Waals surface area contributed by atoms with E-state index in [4.69, 9.17) is 4.74 Å². The second-order valence-corrected chi connectivity index (χ2v) is 7.06. The van der Waals surface area contributed by atoms with E-state index >= 15 is 0 Å². The third kappa shape index (κ3) is 5.10. The SMILES string of the molecule is CC(C)(C)NC(=O)c1cccc(Oc2ccnc(-c3ccc(F)cc3)n2)c1. The molecule has 0 bridgehead atoms. The molecule has 0 spiro atoms. The van der Waals surface area contributed by atoms with Crippen LogP contribution in [0.15, 0.2) is 60.8 Å². The molecule has 0 aliphatic rings. The summed E-state index contributed by atoms with van der Waals surface area (Å²) in [7, 11) is 0. The fourth-order valence-corrected chi connectivity index (χ4v) is 2.37. The van der Waals surface area contributed by atoms with E-state index in [1.54, 1.807) is 48.7 Å². The van der Waals surface area contributed by atoms with Crippen molar-refractivity contribution in [2.45, 2.75) is 26.3 Å². The van der Waals surface area contributed by atoms with Crippen LogP contribution >= 0.6 is 0 Å². The zero-order valence-corrected chi connectivity index (χ0v) is 15.4. The number of carbonyl (C=O) groups excluding carboxylic acids is 1. The van der Waals surface area contributed by atoms with E-state index in [0.717, 1.165) is 0 Å². The van der Waals surface area contributed by atoms with Crippen LogP contribution in [0, 0.1) is 5.82 Å². The number of benzene rings is 2. The summed E-state index contributed by atoms with van der Waals surface area (Å²) in [6.07, 6.45) is 1.57. The lowest BCUT2D eigenvalue weighted by atomic mass is 10.1. The Balaban J connectivity index is 1.80. The summed E-state index contributed by atoms with van der Waals surface area (Å²) >= 11 is 0. The number of aromatic nitrogens is 2. The number of nitrogens with zero attached hydrogens (tertiary/aromatic N) is 2. The van der Waals surface area contributed by atoms with Crippen LogP contribution < -0.4 is 10.1 Å². The van der Waals surface area contributed by atoms with E-state index in [9.17, 15) is 9.18 Å². The van der Waals surface area contributed by atoms with Crippen molar-refractivity contribution in [1.82, 2.24) is 15.3 Å². The third-order valence-corrected chi connectivity index (χ3v) is 3.54. The molecule has 0 unspecified atom stereocenters. The molecule has 0 radical (unpaired) electrons. The fourth-order valence-electron chi connectivity index (χ4n) is 2.37. The Morgan fingerprint density at radius 3 is 2.52 bits per heavy atom. The summed E-state index contributed by atoms with van der Waals surface area (Å²) < 4.78 is 18.9. The molecule has 3 aromatic rings. The van der Waals surface area contributed by atoms with Gasteiger partial charge in [0.15, 0.2) is 5.82 Å². The average Bonchev–Trinajstić information content (AvgIpc) is 2.61. The van der Waals surface area contributed by atoms with Gasteiger partial charge < -0.3 is 10.1 Å². The van der Waals surface area contributed by atoms with Crippen molar-refractivity contribution >= 4 is 5.91 Å². The highest BCUT2D eigenvalue weighted by Gasteiger charge is 2.16. The monoisotopic (exact) mass is 365 g/mol. The molecule has 1 heterocycles. The molecule has 1 amide bonds. The summed E-state index contributed by atoms with van der Waals surface area (Å²) in [6, 6.07) is 14.4. The lowest BCUT2D eigenvalue weighted by Gasteiger charge is -2.20. The van der Waals surface area contributed by atoms with Gasteiger partial charge in [0.05, 0.1) is 0 Å². The minimum atomic E-state index is -0.329. The van der Waals surface area contributed by atoms with Crippen molar-refractivity contribution in [3.63, 3.8) is 0 Å². The van der Waals surface area contributed by atoms with Crippen molar-refractivity contribution in [3.8, 4) is 23.0 Å². The zero-order chi connectivity index (χ0) is 19.4. The first kappa shape index (κ1) is 18.5. The Morgan fingerprint density at radius 1 is 1.07 bits per heavy atom. The maximum atomic E-state index is 13.1. The maximum absolute atomic E-state index is 13.1. The van der Waals surface area contributed by atoms with Gasteiger partial charge in [0.2, 0.25) is 5.88 Å². The van der Waals surface area contributed by atoms with Crippen LogP contribution in [0.4, 0.5) is 4.39 Å². The van der Waals surface area contributed by atoms with E-state index in [0.29, 0.717) is 28.6 Å². The predicted molar refractivity (Wildman–Crippen MR) is 101 cm³/mol. The van der Waals surface area contributed by atoms with Gasteiger partial charge in [-0.15, -0.1) is 0 Å². The number of carbonyl (C=O) groups is 1. The Kier molecular flexibility index (Phi) is 5.16. The highest BCUT2D eigenvalue weighted by atomic mass is 19.1. The molecule has 0 aliphatic carbocycles. The van der Waals surface area contributed by atoms with Crippen LogP contribution in [0.3, 0.4) is 0 Å². The summed E-state index contributed by atoms with van der Waals surface area (Å²) in [6.45, 7) is 5.76. The number of hydrogen-bond acceptors (Lipinski definition) is 4. The standard InChI is InChI=1S/C21H20FN3O2/c1-21(2,3)25-20(26)15-5-4-6-17(13-15)27-18-11-12-23-19(24-18)14-7-9-16(22)10-8-14/h4-13H,1-3H3,(H,25,26). The minimum absolute atomic E-state index is 0.178. The third-order valence-electron chi connectivity index (χ3n) is 3.54. The topological polar surface area (TPSA) is 64.1 Å². The van der Waals surface area contributed by atoms with Gasteiger partial charge in [-0.05, 0) is 63.2 Å². The fraction of sp³-hybridized carbons (Fsp3) is 0.190. The quantitative estimate of drug-likeness (QED) is 0.734. The number of rotatable bonds is 4. The molecule has 0 atom stereocenters. The summed E-state index contributed by atoms with van der Waals surface area (Å²) in [5, 5.41) is 2.91. The first-order valence-electron chi connectivity index (χ1n) is 8.50. The van der Waals surface area contributed by atoms with Gasteiger partial charge in [0, 0.05) is 28.9 Å². The molecule has 1 N–H and O–H groups in total. The van der Waals surface area contributed by atoms with E-state index in [-0.39, 0.29) is 17.3 Å². The van der Waals surface area contributed by atoms with Crippen molar-refractivity contribution in [3.05, 3.63) is 72.2 Å². The van der Waals surface area contributed by atoms with Gasteiger partial charge in [-0.1, -0.05) is 6.07 Å². The lowest BCUT2D eigenvalue weighted by molar-refractivity contribution is 0.0919. The summed E-state index contributed by atoms with van der Waals surface area (Å²) in [5.74, 6) is 0.742. The van der Waals surface area contributed by atoms with Crippen LogP contribution in [-0.2, 0) is 0 Å². The number of ether oxygens (including phenoxy) is 1. The van der Waals surface area contributed by atoms with E-state index in [1.165, 1.54) is 12.1 Å². The molecule has 2 aromatic carbocycles. The number of nitrogens with one attached hydrogen (secondary N) is 1. The van der Waals surface area contributed by atoms with Crippen molar-refractivity contribution in [1.29, 1.82) is 0 Å². The molecule has 138 valence electrons. The number of hydrogen-bond donors (Lipinski definition) is 1. The normalized spacial score (nSPS) is 11.1. The smallest absolute Gasteiger partial charge is 0.251 e. The van der Waals surface area contributed by atoms with Crippen LogP contribution in [0.25, 0.3) is 11.4 Å². The van der Waals surface area contributed by atoms with Gasteiger partial charge in [0.25, 0.3) is 5.91 Å². The van der Waals surface area contributed by atoms with E-state index in [2.05, 4.69) is 15.3 Å². The molecule has 3 rings (SSSR count). The highest BCUT2D eigenvalue weighted by molar-refractivity contribution is 5.95. The van der Waals surface area contributed by atoms with E-state index in [1.807, 2.05) is 20.8 Å². The van der Waals surface area contributed by atoms with Crippen molar-refractivity contribution < 1.29 is 13.9 Å². The number of halogens is 1. The van der Waals surface area contributed by atoms with Gasteiger partial charge in [-0.3, -0.25) is 4.79 Å². The first-order chi connectivity index (χ1) is 12.8. The second kappa shape index (κ2) is 7.53. The van der Waals surface area contributed by atoms with Gasteiger partial charge in [-0.25, -0.2) is 9.37 Å².